The van der Waals surface area contributed by atoms with E-state index in [0.29, 0.717) is 18.4 Å². The molecule has 2 amide bonds. The lowest BCUT2D eigenvalue weighted by atomic mass is 9.71. The van der Waals surface area contributed by atoms with Gasteiger partial charge in [-0.3, -0.25) is 19.3 Å². The third-order valence-electron chi connectivity index (χ3n) is 4.09. The molecular weight excluding hydrogens is 234 g/mol. The summed E-state index contributed by atoms with van der Waals surface area (Å²) in [6, 6.07) is -0.530. The van der Waals surface area contributed by atoms with E-state index >= 15 is 0 Å². The zero-order chi connectivity index (χ0) is 13.5. The second-order valence-electron chi connectivity index (χ2n) is 5.32. The number of aliphatic carboxylic acids is 1. The Balaban J connectivity index is 2.34. The average Bonchev–Trinajstić information content (AvgIpc) is 2.54. The van der Waals surface area contributed by atoms with Crippen LogP contribution in [0.3, 0.4) is 0 Å². The fourth-order valence-electron chi connectivity index (χ4n) is 2.88. The topological polar surface area (TPSA) is 74.7 Å². The smallest absolute Gasteiger partial charge is 0.311 e. The van der Waals surface area contributed by atoms with E-state index in [1.807, 2.05) is 0 Å². The summed E-state index contributed by atoms with van der Waals surface area (Å²) >= 11 is 0. The molecule has 0 spiro atoms. The van der Waals surface area contributed by atoms with E-state index in [4.69, 9.17) is 0 Å². The Morgan fingerprint density at radius 3 is 2.61 bits per heavy atom. The molecule has 5 nitrogen and oxygen atoms in total. The van der Waals surface area contributed by atoms with E-state index in [1.165, 1.54) is 6.08 Å². The molecule has 1 heterocycles. The molecule has 1 aliphatic heterocycles. The van der Waals surface area contributed by atoms with Crippen LogP contribution >= 0.6 is 0 Å². The normalized spacial score (nSPS) is 32.7. The molecule has 2 unspecified atom stereocenters. The van der Waals surface area contributed by atoms with Gasteiger partial charge in [0.15, 0.2) is 0 Å². The Morgan fingerprint density at radius 1 is 1.44 bits per heavy atom. The van der Waals surface area contributed by atoms with E-state index in [0.717, 1.165) is 17.7 Å². The first-order valence-corrected chi connectivity index (χ1v) is 6.17. The Labute approximate surface area is 105 Å². The van der Waals surface area contributed by atoms with Crippen molar-refractivity contribution in [1.29, 1.82) is 0 Å². The number of amides is 2. The minimum atomic E-state index is -1.03. The molecule has 0 aromatic rings. The molecule has 2 rings (SSSR count). The van der Waals surface area contributed by atoms with Gasteiger partial charge in [-0.2, -0.15) is 0 Å². The van der Waals surface area contributed by atoms with Gasteiger partial charge in [0.2, 0.25) is 0 Å². The van der Waals surface area contributed by atoms with Gasteiger partial charge in [0.05, 0.1) is 11.5 Å². The number of carbonyl (C=O) groups is 3. The lowest BCUT2D eigenvalue weighted by Gasteiger charge is -2.42. The van der Waals surface area contributed by atoms with E-state index < -0.39 is 17.4 Å². The lowest BCUT2D eigenvalue weighted by molar-refractivity contribution is -0.159. The van der Waals surface area contributed by atoms with E-state index in [2.05, 4.69) is 0 Å². The van der Waals surface area contributed by atoms with Gasteiger partial charge in [-0.1, -0.05) is 12.8 Å². The van der Waals surface area contributed by atoms with Gasteiger partial charge in [-0.25, -0.2) is 0 Å². The minimum absolute atomic E-state index is 0.348. The van der Waals surface area contributed by atoms with Crippen LogP contribution in [-0.4, -0.2) is 33.8 Å². The molecule has 0 aromatic carbocycles. The summed E-state index contributed by atoms with van der Waals surface area (Å²) < 4.78 is 0. The van der Waals surface area contributed by atoms with Crippen molar-refractivity contribution in [2.75, 3.05) is 0 Å². The highest BCUT2D eigenvalue weighted by Crippen LogP contribution is 2.41. The summed E-state index contributed by atoms with van der Waals surface area (Å²) in [6.45, 7) is 3.22. The fourth-order valence-corrected chi connectivity index (χ4v) is 2.88. The zero-order valence-corrected chi connectivity index (χ0v) is 10.6. The maximum Gasteiger partial charge on any atom is 0.311 e. The van der Waals surface area contributed by atoms with Crippen LogP contribution in [0.15, 0.2) is 11.6 Å². The minimum Gasteiger partial charge on any atom is -0.481 e. The Hall–Kier alpha value is -1.65. The Morgan fingerprint density at radius 2 is 2.11 bits per heavy atom. The number of carboxylic acid groups (broad SMARTS) is 1. The highest BCUT2D eigenvalue weighted by Gasteiger charge is 2.50. The van der Waals surface area contributed by atoms with Crippen molar-refractivity contribution in [1.82, 2.24) is 4.90 Å². The van der Waals surface area contributed by atoms with E-state index in [9.17, 15) is 19.5 Å². The van der Waals surface area contributed by atoms with Crippen molar-refractivity contribution in [3.8, 4) is 0 Å². The predicted molar refractivity (Wildman–Crippen MR) is 63.6 cm³/mol. The molecule has 1 saturated carbocycles. The van der Waals surface area contributed by atoms with Gasteiger partial charge < -0.3 is 5.11 Å². The van der Waals surface area contributed by atoms with Crippen molar-refractivity contribution in [2.45, 2.75) is 45.6 Å². The SMILES string of the molecule is CC1=CC(=O)N(C2CCCCC2(C)C(=O)O)C1=O. The Bertz CT molecular complexity index is 454. The largest absolute Gasteiger partial charge is 0.481 e. The third-order valence-corrected chi connectivity index (χ3v) is 4.09. The maximum absolute atomic E-state index is 12.0. The summed E-state index contributed by atoms with van der Waals surface area (Å²) in [5, 5.41) is 9.40. The van der Waals surface area contributed by atoms with Gasteiger partial charge in [0.25, 0.3) is 11.8 Å². The summed E-state index contributed by atoms with van der Waals surface area (Å²) in [7, 11) is 0. The highest BCUT2D eigenvalue weighted by atomic mass is 16.4. The van der Waals surface area contributed by atoms with Gasteiger partial charge in [-0.05, 0) is 26.7 Å². The number of nitrogens with zero attached hydrogens (tertiary/aromatic N) is 1. The summed E-state index contributed by atoms with van der Waals surface area (Å²) in [5.74, 6) is -1.66. The fraction of sp³-hybridized carbons (Fsp3) is 0.615. The summed E-state index contributed by atoms with van der Waals surface area (Å²) in [5.41, 5.74) is -0.638. The molecular formula is C13H17NO4. The van der Waals surface area contributed by atoms with Crippen molar-refractivity contribution >= 4 is 17.8 Å². The van der Waals surface area contributed by atoms with Crippen LogP contribution in [0.1, 0.15) is 39.5 Å². The number of carbonyl (C=O) groups excluding carboxylic acids is 2. The van der Waals surface area contributed by atoms with Crippen LogP contribution in [0, 0.1) is 5.41 Å². The first-order valence-electron chi connectivity index (χ1n) is 6.17. The highest BCUT2D eigenvalue weighted by molar-refractivity contribution is 6.16. The van der Waals surface area contributed by atoms with Crippen LogP contribution < -0.4 is 0 Å². The predicted octanol–water partition coefficient (Wildman–Crippen LogP) is 1.33. The van der Waals surface area contributed by atoms with Crippen molar-refractivity contribution < 1.29 is 19.5 Å². The molecule has 2 aliphatic rings. The number of carboxylic acids is 1. The average molecular weight is 251 g/mol. The van der Waals surface area contributed by atoms with Crippen LogP contribution in [0.25, 0.3) is 0 Å². The molecule has 18 heavy (non-hydrogen) atoms. The van der Waals surface area contributed by atoms with E-state index in [1.54, 1.807) is 13.8 Å². The molecule has 0 bridgehead atoms. The standard InChI is InChI=1S/C13H17NO4/c1-8-7-10(15)14(11(8)16)9-5-3-4-6-13(9,2)12(17)18/h7,9H,3-6H2,1-2H3,(H,17,18). The lowest BCUT2D eigenvalue weighted by Crippen LogP contribution is -2.54. The molecule has 1 fully saturated rings. The van der Waals surface area contributed by atoms with Crippen LogP contribution in [-0.2, 0) is 14.4 Å². The third kappa shape index (κ3) is 1.74. The van der Waals surface area contributed by atoms with Crippen molar-refractivity contribution in [3.63, 3.8) is 0 Å². The van der Waals surface area contributed by atoms with Gasteiger partial charge >= 0.3 is 5.97 Å². The Kier molecular flexibility index (Phi) is 3.00. The molecule has 1 aliphatic carbocycles. The summed E-state index contributed by atoms with van der Waals surface area (Å²) in [6.07, 6.45) is 4.04. The quantitative estimate of drug-likeness (QED) is 0.751. The molecule has 0 saturated heterocycles. The number of hydrogen-bond donors (Lipinski definition) is 1. The van der Waals surface area contributed by atoms with Gasteiger partial charge in [0, 0.05) is 11.6 Å². The van der Waals surface area contributed by atoms with Crippen molar-refractivity contribution in [2.24, 2.45) is 5.41 Å². The second-order valence-corrected chi connectivity index (χ2v) is 5.32. The molecule has 1 N–H and O–H groups in total. The monoisotopic (exact) mass is 251 g/mol. The van der Waals surface area contributed by atoms with Crippen LogP contribution in [0.4, 0.5) is 0 Å². The molecule has 0 aromatic heterocycles. The van der Waals surface area contributed by atoms with E-state index in [-0.39, 0.29) is 11.8 Å². The van der Waals surface area contributed by atoms with Crippen molar-refractivity contribution in [3.05, 3.63) is 11.6 Å². The molecule has 0 radical (unpaired) electrons. The second kappa shape index (κ2) is 4.23. The molecule has 2 atom stereocenters. The molecule has 98 valence electrons. The maximum atomic E-state index is 12.0. The first-order chi connectivity index (χ1) is 8.38. The number of imide groups is 1. The zero-order valence-electron chi connectivity index (χ0n) is 10.6. The molecule has 5 heteroatoms. The van der Waals surface area contributed by atoms with Gasteiger partial charge in [0.1, 0.15) is 0 Å². The van der Waals surface area contributed by atoms with Gasteiger partial charge in [-0.15, -0.1) is 0 Å². The van der Waals surface area contributed by atoms with Crippen LogP contribution in [0.2, 0.25) is 0 Å². The first kappa shape index (κ1) is 12.8. The number of rotatable bonds is 2. The number of hydrogen-bond acceptors (Lipinski definition) is 3. The van der Waals surface area contributed by atoms with Crippen LogP contribution in [0.5, 0.6) is 0 Å². The summed E-state index contributed by atoms with van der Waals surface area (Å²) in [4.78, 5) is 36.4.